The maximum absolute atomic E-state index is 12.7. The molecule has 1 aliphatic rings. The summed E-state index contributed by atoms with van der Waals surface area (Å²) in [7, 11) is 0. The molecule has 6 heteroatoms. The number of benzene rings is 1. The fourth-order valence-corrected chi connectivity index (χ4v) is 2.51. The number of hydrogen-bond donors (Lipinski definition) is 3. The third kappa shape index (κ3) is 4.53. The van der Waals surface area contributed by atoms with E-state index in [1.165, 1.54) is 24.3 Å². The lowest BCUT2D eigenvalue weighted by Crippen LogP contribution is -2.41. The molecule has 1 saturated carbocycles. The fraction of sp³-hybridized carbons (Fsp3) is 0.467. The topological polar surface area (TPSA) is 78.4 Å². The Morgan fingerprint density at radius 1 is 1.19 bits per heavy atom. The smallest absolute Gasteiger partial charge is 0.313 e. The van der Waals surface area contributed by atoms with Gasteiger partial charge in [-0.1, -0.05) is 12.8 Å². The van der Waals surface area contributed by atoms with E-state index in [4.69, 9.17) is 0 Å². The normalized spacial score (nSPS) is 16.5. The van der Waals surface area contributed by atoms with Gasteiger partial charge in [-0.15, -0.1) is 0 Å². The minimum atomic E-state index is -0.833. The molecule has 2 amide bonds. The molecular formula is C15H19FN2O3. The van der Waals surface area contributed by atoms with Crippen LogP contribution < -0.4 is 10.6 Å². The van der Waals surface area contributed by atoms with E-state index in [2.05, 4.69) is 10.6 Å². The minimum absolute atomic E-state index is 0.0698. The van der Waals surface area contributed by atoms with Gasteiger partial charge < -0.3 is 15.7 Å². The first-order valence-electron chi connectivity index (χ1n) is 7.09. The van der Waals surface area contributed by atoms with Crippen LogP contribution in [0.3, 0.4) is 0 Å². The first-order valence-corrected chi connectivity index (χ1v) is 7.09. The first-order chi connectivity index (χ1) is 10.1. The van der Waals surface area contributed by atoms with Crippen molar-refractivity contribution < 1.29 is 19.1 Å². The lowest BCUT2D eigenvalue weighted by molar-refractivity contribution is -0.136. The van der Waals surface area contributed by atoms with Gasteiger partial charge in [0.25, 0.3) is 0 Å². The standard InChI is InChI=1S/C15H19FN2O3/c16-11-5-7-12(8-6-11)18-15(21)14(20)17-9-13(19)10-3-1-2-4-10/h5-8,10,13,19H,1-4,9H2,(H,17,20)(H,18,21). The number of halogens is 1. The van der Waals surface area contributed by atoms with Crippen LogP contribution in [0, 0.1) is 11.7 Å². The maximum Gasteiger partial charge on any atom is 0.313 e. The van der Waals surface area contributed by atoms with E-state index in [0.717, 1.165) is 25.7 Å². The minimum Gasteiger partial charge on any atom is -0.391 e. The van der Waals surface area contributed by atoms with Gasteiger partial charge in [-0.2, -0.15) is 0 Å². The zero-order valence-electron chi connectivity index (χ0n) is 11.6. The number of carbonyl (C=O) groups is 2. The van der Waals surface area contributed by atoms with Gasteiger partial charge in [-0.05, 0) is 43.0 Å². The average molecular weight is 294 g/mol. The molecule has 0 aliphatic heterocycles. The molecule has 1 aromatic rings. The number of aliphatic hydroxyl groups excluding tert-OH is 1. The van der Waals surface area contributed by atoms with Crippen molar-refractivity contribution in [3.05, 3.63) is 30.1 Å². The van der Waals surface area contributed by atoms with Crippen molar-refractivity contribution in [2.75, 3.05) is 11.9 Å². The van der Waals surface area contributed by atoms with Crippen LogP contribution >= 0.6 is 0 Å². The third-order valence-electron chi connectivity index (χ3n) is 3.72. The summed E-state index contributed by atoms with van der Waals surface area (Å²) in [6, 6.07) is 5.12. The van der Waals surface area contributed by atoms with Gasteiger partial charge in [0, 0.05) is 12.2 Å². The molecular weight excluding hydrogens is 275 g/mol. The number of hydrogen-bond acceptors (Lipinski definition) is 3. The van der Waals surface area contributed by atoms with Gasteiger partial charge in [0.2, 0.25) is 0 Å². The number of amides is 2. The number of carbonyl (C=O) groups excluding carboxylic acids is 2. The third-order valence-corrected chi connectivity index (χ3v) is 3.72. The van der Waals surface area contributed by atoms with Crippen LogP contribution in [0.1, 0.15) is 25.7 Å². The Bertz CT molecular complexity index is 498. The summed E-state index contributed by atoms with van der Waals surface area (Å²) >= 11 is 0. The van der Waals surface area contributed by atoms with Crippen molar-refractivity contribution >= 4 is 17.5 Å². The van der Waals surface area contributed by atoms with Gasteiger partial charge in [0.05, 0.1) is 6.10 Å². The van der Waals surface area contributed by atoms with E-state index in [9.17, 15) is 19.1 Å². The highest BCUT2D eigenvalue weighted by molar-refractivity contribution is 6.39. The van der Waals surface area contributed by atoms with Gasteiger partial charge in [0.15, 0.2) is 0 Å². The lowest BCUT2D eigenvalue weighted by Gasteiger charge is -2.17. The SMILES string of the molecule is O=C(NCC(O)C1CCCC1)C(=O)Nc1ccc(F)cc1. The highest BCUT2D eigenvalue weighted by Gasteiger charge is 2.24. The molecule has 0 saturated heterocycles. The molecule has 1 atom stereocenters. The summed E-state index contributed by atoms with van der Waals surface area (Å²) < 4.78 is 12.7. The second-order valence-corrected chi connectivity index (χ2v) is 5.28. The summed E-state index contributed by atoms with van der Waals surface area (Å²) in [6.45, 7) is 0.0698. The van der Waals surface area contributed by atoms with Crippen molar-refractivity contribution in [3.8, 4) is 0 Å². The largest absolute Gasteiger partial charge is 0.391 e. The van der Waals surface area contributed by atoms with E-state index in [1.54, 1.807) is 0 Å². The van der Waals surface area contributed by atoms with E-state index in [0.29, 0.717) is 5.69 Å². The number of anilines is 1. The molecule has 0 spiro atoms. The van der Waals surface area contributed by atoms with Gasteiger partial charge in [-0.3, -0.25) is 9.59 Å². The average Bonchev–Trinajstić information content (AvgIpc) is 3.01. The van der Waals surface area contributed by atoms with E-state index < -0.39 is 23.7 Å². The van der Waals surface area contributed by atoms with Gasteiger partial charge in [0.1, 0.15) is 5.82 Å². The van der Waals surface area contributed by atoms with Crippen molar-refractivity contribution in [1.82, 2.24) is 5.32 Å². The van der Waals surface area contributed by atoms with Crippen LogP contribution in [-0.2, 0) is 9.59 Å². The Hall–Kier alpha value is -1.95. The number of rotatable bonds is 4. The van der Waals surface area contributed by atoms with Crippen LogP contribution in [-0.4, -0.2) is 29.6 Å². The number of aliphatic hydroxyl groups is 1. The predicted octanol–water partition coefficient (Wildman–Crippen LogP) is 1.43. The van der Waals surface area contributed by atoms with Gasteiger partial charge >= 0.3 is 11.8 Å². The Kier molecular flexibility index (Phi) is 5.27. The monoisotopic (exact) mass is 294 g/mol. The van der Waals surface area contributed by atoms with Crippen LogP contribution in [0.4, 0.5) is 10.1 Å². The van der Waals surface area contributed by atoms with Crippen LogP contribution in [0.15, 0.2) is 24.3 Å². The quantitative estimate of drug-likeness (QED) is 0.735. The van der Waals surface area contributed by atoms with Crippen LogP contribution in [0.5, 0.6) is 0 Å². The molecule has 0 bridgehead atoms. The molecule has 1 unspecified atom stereocenters. The molecule has 2 rings (SSSR count). The van der Waals surface area contributed by atoms with Crippen LogP contribution in [0.25, 0.3) is 0 Å². The molecule has 0 radical (unpaired) electrons. The van der Waals surface area contributed by atoms with Crippen molar-refractivity contribution in [3.63, 3.8) is 0 Å². The Morgan fingerprint density at radius 3 is 2.43 bits per heavy atom. The van der Waals surface area contributed by atoms with E-state index in [-0.39, 0.29) is 12.5 Å². The zero-order chi connectivity index (χ0) is 15.2. The summed E-state index contributed by atoms with van der Waals surface area (Å²) in [4.78, 5) is 23.3. The number of nitrogens with one attached hydrogen (secondary N) is 2. The van der Waals surface area contributed by atoms with Gasteiger partial charge in [-0.25, -0.2) is 4.39 Å². The second-order valence-electron chi connectivity index (χ2n) is 5.28. The van der Waals surface area contributed by atoms with E-state index in [1.807, 2.05) is 0 Å². The zero-order valence-corrected chi connectivity index (χ0v) is 11.6. The maximum atomic E-state index is 12.7. The molecule has 1 fully saturated rings. The second kappa shape index (κ2) is 7.17. The highest BCUT2D eigenvalue weighted by atomic mass is 19.1. The summed E-state index contributed by atoms with van der Waals surface area (Å²) in [6.07, 6.45) is 3.49. The highest BCUT2D eigenvalue weighted by Crippen LogP contribution is 2.27. The Balaban J connectivity index is 1.76. The predicted molar refractivity (Wildman–Crippen MR) is 76.0 cm³/mol. The molecule has 1 aliphatic carbocycles. The molecule has 1 aromatic carbocycles. The summed E-state index contributed by atoms with van der Waals surface area (Å²) in [5.41, 5.74) is 0.341. The molecule has 114 valence electrons. The lowest BCUT2D eigenvalue weighted by atomic mass is 10.0. The fourth-order valence-electron chi connectivity index (χ4n) is 2.51. The van der Waals surface area contributed by atoms with E-state index >= 15 is 0 Å². The first kappa shape index (κ1) is 15.4. The van der Waals surface area contributed by atoms with Crippen molar-refractivity contribution in [2.45, 2.75) is 31.8 Å². The molecule has 5 nitrogen and oxygen atoms in total. The van der Waals surface area contributed by atoms with Crippen molar-refractivity contribution in [2.24, 2.45) is 5.92 Å². The van der Waals surface area contributed by atoms with Crippen LogP contribution in [0.2, 0.25) is 0 Å². The molecule has 3 N–H and O–H groups in total. The Morgan fingerprint density at radius 2 is 1.81 bits per heavy atom. The molecule has 0 heterocycles. The Labute approximate surface area is 122 Å². The molecule has 0 aromatic heterocycles. The van der Waals surface area contributed by atoms with Crippen molar-refractivity contribution in [1.29, 1.82) is 0 Å². The summed E-state index contributed by atoms with van der Waals surface area (Å²) in [5, 5.41) is 14.7. The molecule has 21 heavy (non-hydrogen) atoms. The summed E-state index contributed by atoms with van der Waals surface area (Å²) in [5.74, 6) is -1.86.